The summed E-state index contributed by atoms with van der Waals surface area (Å²) in [5.41, 5.74) is -0.362. The summed E-state index contributed by atoms with van der Waals surface area (Å²) in [6.45, 7) is -0.701. The van der Waals surface area contributed by atoms with Crippen molar-refractivity contribution in [2.45, 2.75) is 6.04 Å². The lowest BCUT2D eigenvalue weighted by Gasteiger charge is -2.18. The van der Waals surface area contributed by atoms with Gasteiger partial charge in [-0.1, -0.05) is 12.1 Å². The number of amides is 2. The fourth-order valence-corrected chi connectivity index (χ4v) is 2.16. The van der Waals surface area contributed by atoms with Gasteiger partial charge in [0.15, 0.2) is 23.0 Å². The second-order valence-electron chi connectivity index (χ2n) is 5.41. The zero-order chi connectivity index (χ0) is 19.3. The molecule has 0 unspecified atom stereocenters. The monoisotopic (exact) mass is 362 g/mol. The van der Waals surface area contributed by atoms with E-state index < -0.39 is 47.5 Å². The number of carbonyl (C=O) groups excluding carboxylic acids is 2. The third kappa shape index (κ3) is 4.14. The third-order valence-electron chi connectivity index (χ3n) is 3.58. The number of hydrogen-bond acceptors (Lipinski definition) is 7. The molecule has 0 fully saturated rings. The lowest BCUT2D eigenvalue weighted by Crippen LogP contribution is -2.45. The first kappa shape index (κ1) is 18.9. The average molecular weight is 362 g/mol. The van der Waals surface area contributed by atoms with Gasteiger partial charge in [0.1, 0.15) is 0 Å². The Morgan fingerprint density at radius 2 is 1.35 bits per heavy atom. The molecule has 9 heteroatoms. The fraction of sp³-hybridized carbons (Fsp3) is 0.176. The van der Waals surface area contributed by atoms with Crippen molar-refractivity contribution in [1.82, 2.24) is 10.6 Å². The molecule has 0 spiro atoms. The summed E-state index contributed by atoms with van der Waals surface area (Å²) in [5.74, 6) is -3.58. The van der Waals surface area contributed by atoms with Crippen molar-refractivity contribution in [3.05, 3.63) is 47.5 Å². The highest BCUT2D eigenvalue weighted by molar-refractivity contribution is 5.98. The van der Waals surface area contributed by atoms with Crippen LogP contribution in [-0.4, -0.2) is 56.5 Å². The van der Waals surface area contributed by atoms with E-state index in [0.29, 0.717) is 0 Å². The summed E-state index contributed by atoms with van der Waals surface area (Å²) in [5, 5.41) is 52.3. The van der Waals surface area contributed by atoms with Crippen LogP contribution in [0.5, 0.6) is 23.0 Å². The van der Waals surface area contributed by atoms with Gasteiger partial charge < -0.3 is 36.2 Å². The first-order valence-electron chi connectivity index (χ1n) is 7.57. The predicted octanol–water partition coefficient (Wildman–Crippen LogP) is 0.0297. The molecule has 0 radical (unpaired) electrons. The number of phenolic OH excluding ortho intramolecular Hbond substituents is 4. The van der Waals surface area contributed by atoms with E-state index in [1.807, 2.05) is 0 Å². The lowest BCUT2D eigenvalue weighted by molar-refractivity contribution is 0.0884. The Morgan fingerprint density at radius 1 is 0.846 bits per heavy atom. The van der Waals surface area contributed by atoms with Crippen LogP contribution < -0.4 is 10.6 Å². The second kappa shape index (κ2) is 8.08. The van der Waals surface area contributed by atoms with Gasteiger partial charge in [0, 0.05) is 6.54 Å². The predicted molar refractivity (Wildman–Crippen MR) is 90.2 cm³/mol. The minimum absolute atomic E-state index is 0.168. The van der Waals surface area contributed by atoms with Gasteiger partial charge in [0.2, 0.25) is 0 Å². The molecule has 0 aromatic heterocycles. The minimum atomic E-state index is -0.896. The third-order valence-corrected chi connectivity index (χ3v) is 3.58. The van der Waals surface area contributed by atoms with Crippen LogP contribution in [0.2, 0.25) is 0 Å². The highest BCUT2D eigenvalue weighted by atomic mass is 16.3. The first-order valence-corrected chi connectivity index (χ1v) is 7.57. The van der Waals surface area contributed by atoms with Gasteiger partial charge in [-0.3, -0.25) is 9.59 Å². The van der Waals surface area contributed by atoms with E-state index >= 15 is 0 Å². The molecule has 138 valence electrons. The SMILES string of the molecule is O=C(NC[C@H](CO)NC(=O)c1cccc(O)c1O)c1cccc(O)c1O. The molecule has 0 saturated carbocycles. The maximum atomic E-state index is 12.1. The van der Waals surface area contributed by atoms with E-state index in [4.69, 9.17) is 0 Å². The topological polar surface area (TPSA) is 159 Å². The molecular weight excluding hydrogens is 344 g/mol. The maximum Gasteiger partial charge on any atom is 0.255 e. The average Bonchev–Trinajstić information content (AvgIpc) is 2.62. The van der Waals surface area contributed by atoms with Gasteiger partial charge in [0.25, 0.3) is 11.8 Å². The molecule has 0 aliphatic carbocycles. The van der Waals surface area contributed by atoms with E-state index in [-0.39, 0.29) is 17.7 Å². The highest BCUT2D eigenvalue weighted by Gasteiger charge is 2.19. The number of nitrogens with one attached hydrogen (secondary N) is 2. The molecule has 2 rings (SSSR count). The van der Waals surface area contributed by atoms with Crippen molar-refractivity contribution in [3.63, 3.8) is 0 Å². The Morgan fingerprint density at radius 3 is 1.85 bits per heavy atom. The molecule has 26 heavy (non-hydrogen) atoms. The number of hydrogen-bond donors (Lipinski definition) is 7. The Kier molecular flexibility index (Phi) is 5.86. The Balaban J connectivity index is 2.01. The number of para-hydroxylation sites is 2. The van der Waals surface area contributed by atoms with Gasteiger partial charge in [-0.15, -0.1) is 0 Å². The maximum absolute atomic E-state index is 12.1. The Hall–Kier alpha value is -3.46. The molecule has 2 aromatic rings. The normalized spacial score (nSPS) is 11.6. The van der Waals surface area contributed by atoms with Crippen LogP contribution in [0.25, 0.3) is 0 Å². The summed E-state index contributed by atoms with van der Waals surface area (Å²) >= 11 is 0. The number of phenols is 4. The van der Waals surface area contributed by atoms with Gasteiger partial charge in [-0.2, -0.15) is 0 Å². The van der Waals surface area contributed by atoms with Crippen molar-refractivity contribution in [1.29, 1.82) is 0 Å². The zero-order valence-electron chi connectivity index (χ0n) is 13.5. The summed E-state index contributed by atoms with van der Waals surface area (Å²) < 4.78 is 0. The summed E-state index contributed by atoms with van der Waals surface area (Å²) in [6.07, 6.45) is 0. The van der Waals surface area contributed by atoms with Crippen LogP contribution in [-0.2, 0) is 0 Å². The molecule has 0 saturated heterocycles. The molecule has 1 atom stereocenters. The molecule has 0 bridgehead atoms. The molecule has 7 N–H and O–H groups in total. The first-order chi connectivity index (χ1) is 12.3. The van der Waals surface area contributed by atoms with E-state index in [2.05, 4.69) is 10.6 Å². The van der Waals surface area contributed by atoms with Crippen LogP contribution >= 0.6 is 0 Å². The lowest BCUT2D eigenvalue weighted by atomic mass is 10.1. The number of benzene rings is 2. The van der Waals surface area contributed by atoms with Crippen molar-refractivity contribution in [3.8, 4) is 23.0 Å². The fourth-order valence-electron chi connectivity index (χ4n) is 2.16. The molecule has 0 heterocycles. The molecule has 0 aliphatic rings. The van der Waals surface area contributed by atoms with Crippen molar-refractivity contribution in [2.75, 3.05) is 13.2 Å². The van der Waals surface area contributed by atoms with Crippen LogP contribution in [0, 0.1) is 0 Å². The van der Waals surface area contributed by atoms with E-state index in [9.17, 15) is 35.1 Å². The van der Waals surface area contributed by atoms with Crippen LogP contribution in [0.3, 0.4) is 0 Å². The van der Waals surface area contributed by atoms with Crippen LogP contribution in [0.4, 0.5) is 0 Å². The van der Waals surface area contributed by atoms with Crippen molar-refractivity contribution >= 4 is 11.8 Å². The van der Waals surface area contributed by atoms with Gasteiger partial charge in [0.05, 0.1) is 23.8 Å². The number of aliphatic hydroxyl groups is 1. The van der Waals surface area contributed by atoms with Crippen LogP contribution in [0.1, 0.15) is 20.7 Å². The minimum Gasteiger partial charge on any atom is -0.504 e. The van der Waals surface area contributed by atoms with E-state index in [1.165, 1.54) is 36.4 Å². The largest absolute Gasteiger partial charge is 0.504 e. The molecule has 0 aliphatic heterocycles. The van der Waals surface area contributed by atoms with Crippen molar-refractivity contribution < 1.29 is 35.1 Å². The van der Waals surface area contributed by atoms with Gasteiger partial charge >= 0.3 is 0 Å². The number of aliphatic hydroxyl groups excluding tert-OH is 1. The van der Waals surface area contributed by atoms with Gasteiger partial charge in [-0.25, -0.2) is 0 Å². The van der Waals surface area contributed by atoms with E-state index in [1.54, 1.807) is 0 Å². The zero-order valence-corrected chi connectivity index (χ0v) is 13.5. The Labute approximate surface area is 148 Å². The van der Waals surface area contributed by atoms with Gasteiger partial charge in [-0.05, 0) is 24.3 Å². The Bertz CT molecular complexity index is 823. The number of carbonyl (C=O) groups is 2. The molecular formula is C17H18N2O7. The van der Waals surface area contributed by atoms with E-state index in [0.717, 1.165) is 0 Å². The summed E-state index contributed by atoms with van der Waals surface area (Å²) in [4.78, 5) is 24.2. The smallest absolute Gasteiger partial charge is 0.255 e. The quantitative estimate of drug-likeness (QED) is 0.357. The number of rotatable bonds is 6. The number of aromatic hydroxyl groups is 4. The van der Waals surface area contributed by atoms with Crippen molar-refractivity contribution in [2.24, 2.45) is 0 Å². The van der Waals surface area contributed by atoms with Crippen LogP contribution in [0.15, 0.2) is 36.4 Å². The molecule has 2 amide bonds. The standard InChI is InChI=1S/C17H18N2O7/c20-8-9(19-17(26)11-4-2-6-13(22)15(11)24)7-18-16(25)10-3-1-5-12(21)14(10)23/h1-6,9,20-24H,7-8H2,(H,18,25)(H,19,26)/t9-/m1/s1. The summed E-state index contributed by atoms with van der Waals surface area (Å²) in [6, 6.07) is 6.84. The molecule has 9 nitrogen and oxygen atoms in total. The molecule has 2 aromatic carbocycles. The highest BCUT2D eigenvalue weighted by Crippen LogP contribution is 2.28. The second-order valence-corrected chi connectivity index (χ2v) is 5.41. The summed E-state index contributed by atoms with van der Waals surface area (Å²) in [7, 11) is 0.